The van der Waals surface area contributed by atoms with Crippen molar-refractivity contribution >= 4 is 5.97 Å². The van der Waals surface area contributed by atoms with E-state index in [1.54, 1.807) is 12.2 Å². The molecule has 0 aliphatic heterocycles. The van der Waals surface area contributed by atoms with E-state index in [-0.39, 0.29) is 11.9 Å². The maximum absolute atomic E-state index is 11.3. The minimum Gasteiger partial charge on any atom is -0.466 e. The SMILES string of the molecule is CC=C=CC(CCC)C(=O)OCC. The molecule has 0 spiro atoms. The van der Waals surface area contributed by atoms with Gasteiger partial charge in [0.25, 0.3) is 0 Å². The van der Waals surface area contributed by atoms with Crippen molar-refractivity contribution < 1.29 is 9.53 Å². The lowest BCUT2D eigenvalue weighted by Crippen LogP contribution is -2.15. The molecule has 74 valence electrons. The summed E-state index contributed by atoms with van der Waals surface area (Å²) in [4.78, 5) is 11.3. The number of hydrogen-bond acceptors (Lipinski definition) is 2. The van der Waals surface area contributed by atoms with Gasteiger partial charge in [0.2, 0.25) is 0 Å². The van der Waals surface area contributed by atoms with Crippen LogP contribution in [-0.2, 0) is 9.53 Å². The molecule has 0 saturated heterocycles. The lowest BCUT2D eigenvalue weighted by atomic mass is 10.0. The maximum Gasteiger partial charge on any atom is 0.313 e. The molecule has 0 heterocycles. The average Bonchev–Trinajstić information content (AvgIpc) is 2.12. The predicted molar refractivity (Wildman–Crippen MR) is 53.4 cm³/mol. The van der Waals surface area contributed by atoms with Gasteiger partial charge in [0, 0.05) is 0 Å². The monoisotopic (exact) mass is 182 g/mol. The molecule has 0 aromatic rings. The molecule has 0 aromatic carbocycles. The van der Waals surface area contributed by atoms with E-state index in [1.165, 1.54) is 0 Å². The second-order valence-corrected chi connectivity index (χ2v) is 2.77. The molecule has 0 amide bonds. The van der Waals surface area contributed by atoms with Gasteiger partial charge in [-0.25, -0.2) is 0 Å². The fourth-order valence-corrected chi connectivity index (χ4v) is 1.04. The summed E-state index contributed by atoms with van der Waals surface area (Å²) in [6, 6.07) is 0. The molecule has 2 heteroatoms. The van der Waals surface area contributed by atoms with Crippen LogP contribution in [0.4, 0.5) is 0 Å². The van der Waals surface area contributed by atoms with Gasteiger partial charge in [-0.2, -0.15) is 0 Å². The Balaban J connectivity index is 4.22. The van der Waals surface area contributed by atoms with E-state index in [9.17, 15) is 4.79 Å². The second kappa shape index (κ2) is 7.63. The van der Waals surface area contributed by atoms with Gasteiger partial charge >= 0.3 is 5.97 Å². The van der Waals surface area contributed by atoms with Crippen molar-refractivity contribution in [2.45, 2.75) is 33.6 Å². The molecule has 0 N–H and O–H groups in total. The summed E-state index contributed by atoms with van der Waals surface area (Å²) >= 11 is 0. The Kier molecular flexibility index (Phi) is 7.04. The molecule has 0 saturated carbocycles. The number of rotatable bonds is 5. The van der Waals surface area contributed by atoms with E-state index < -0.39 is 0 Å². The molecule has 1 unspecified atom stereocenters. The molecule has 0 aliphatic rings. The van der Waals surface area contributed by atoms with Gasteiger partial charge in [0.05, 0.1) is 12.5 Å². The van der Waals surface area contributed by atoms with Crippen LogP contribution in [0, 0.1) is 5.92 Å². The normalized spacial score (nSPS) is 11.3. The number of esters is 1. The van der Waals surface area contributed by atoms with Crippen molar-refractivity contribution in [2.24, 2.45) is 5.92 Å². The predicted octanol–water partition coefficient (Wildman–Crippen LogP) is 2.70. The highest BCUT2D eigenvalue weighted by Gasteiger charge is 2.14. The van der Waals surface area contributed by atoms with Gasteiger partial charge in [-0.3, -0.25) is 4.79 Å². The molecule has 0 rings (SSSR count). The van der Waals surface area contributed by atoms with Gasteiger partial charge in [-0.05, 0) is 32.4 Å². The van der Waals surface area contributed by atoms with Crippen LogP contribution in [0.2, 0.25) is 0 Å². The van der Waals surface area contributed by atoms with Crippen LogP contribution in [0.5, 0.6) is 0 Å². The highest BCUT2D eigenvalue weighted by molar-refractivity contribution is 5.74. The number of carbonyl (C=O) groups excluding carboxylic acids is 1. The fourth-order valence-electron chi connectivity index (χ4n) is 1.04. The van der Waals surface area contributed by atoms with Crippen LogP contribution in [0.15, 0.2) is 17.9 Å². The summed E-state index contributed by atoms with van der Waals surface area (Å²) in [6.45, 7) is 6.20. The fraction of sp³-hybridized carbons (Fsp3) is 0.636. The standard InChI is InChI=1S/C11H18O2/c1-4-7-9-10(8-5-2)11(12)13-6-3/h4,9-10H,5-6,8H2,1-3H3. The first-order chi connectivity index (χ1) is 6.26. The Hall–Kier alpha value is -1.01. The van der Waals surface area contributed by atoms with Crippen molar-refractivity contribution in [3.8, 4) is 0 Å². The van der Waals surface area contributed by atoms with E-state index in [4.69, 9.17) is 4.74 Å². The van der Waals surface area contributed by atoms with Crippen LogP contribution in [0.3, 0.4) is 0 Å². The van der Waals surface area contributed by atoms with Crippen molar-refractivity contribution in [1.29, 1.82) is 0 Å². The first kappa shape index (κ1) is 12.0. The molecule has 0 aliphatic carbocycles. The zero-order valence-corrected chi connectivity index (χ0v) is 8.67. The van der Waals surface area contributed by atoms with Crippen molar-refractivity contribution in [3.05, 3.63) is 17.9 Å². The Morgan fingerprint density at radius 2 is 2.23 bits per heavy atom. The smallest absolute Gasteiger partial charge is 0.313 e. The third kappa shape index (κ3) is 5.26. The molecule has 1 atom stereocenters. The topological polar surface area (TPSA) is 26.3 Å². The Morgan fingerprint density at radius 1 is 1.54 bits per heavy atom. The Morgan fingerprint density at radius 3 is 2.69 bits per heavy atom. The maximum atomic E-state index is 11.3. The van der Waals surface area contributed by atoms with E-state index in [0.717, 1.165) is 12.8 Å². The summed E-state index contributed by atoms with van der Waals surface area (Å²) in [6.07, 6.45) is 5.38. The van der Waals surface area contributed by atoms with E-state index in [2.05, 4.69) is 12.7 Å². The lowest BCUT2D eigenvalue weighted by molar-refractivity contribution is -0.146. The van der Waals surface area contributed by atoms with Gasteiger partial charge in [-0.15, -0.1) is 5.73 Å². The van der Waals surface area contributed by atoms with Crippen LogP contribution >= 0.6 is 0 Å². The van der Waals surface area contributed by atoms with E-state index in [1.807, 2.05) is 13.8 Å². The molecular weight excluding hydrogens is 164 g/mol. The minimum absolute atomic E-state index is 0.124. The van der Waals surface area contributed by atoms with Crippen molar-refractivity contribution in [2.75, 3.05) is 6.61 Å². The summed E-state index contributed by atoms with van der Waals surface area (Å²) in [5.74, 6) is -0.264. The van der Waals surface area contributed by atoms with Crippen LogP contribution in [0.25, 0.3) is 0 Å². The van der Waals surface area contributed by atoms with Crippen molar-refractivity contribution in [1.82, 2.24) is 0 Å². The van der Waals surface area contributed by atoms with Crippen molar-refractivity contribution in [3.63, 3.8) is 0 Å². The summed E-state index contributed by atoms with van der Waals surface area (Å²) < 4.78 is 4.93. The second-order valence-electron chi connectivity index (χ2n) is 2.77. The van der Waals surface area contributed by atoms with Gasteiger partial charge in [0.15, 0.2) is 0 Å². The minimum atomic E-state index is -0.140. The molecule has 0 aromatic heterocycles. The number of carbonyl (C=O) groups is 1. The highest BCUT2D eigenvalue weighted by Crippen LogP contribution is 2.09. The molecule has 2 nitrogen and oxygen atoms in total. The van der Waals surface area contributed by atoms with Gasteiger partial charge < -0.3 is 4.74 Å². The first-order valence-corrected chi connectivity index (χ1v) is 4.80. The quantitative estimate of drug-likeness (QED) is 0.482. The average molecular weight is 182 g/mol. The third-order valence-corrected chi connectivity index (χ3v) is 1.65. The summed E-state index contributed by atoms with van der Waals surface area (Å²) in [7, 11) is 0. The highest BCUT2D eigenvalue weighted by atomic mass is 16.5. The van der Waals surface area contributed by atoms with E-state index >= 15 is 0 Å². The van der Waals surface area contributed by atoms with Gasteiger partial charge in [0.1, 0.15) is 0 Å². The summed E-state index contributed by atoms with van der Waals surface area (Å²) in [5.41, 5.74) is 2.92. The molecule has 0 bridgehead atoms. The molecular formula is C11H18O2. The molecule has 13 heavy (non-hydrogen) atoms. The van der Waals surface area contributed by atoms with Crippen LogP contribution in [-0.4, -0.2) is 12.6 Å². The van der Waals surface area contributed by atoms with Gasteiger partial charge in [-0.1, -0.05) is 13.3 Å². The Labute approximate surface area is 80.3 Å². The first-order valence-electron chi connectivity index (χ1n) is 4.80. The zero-order chi connectivity index (χ0) is 10.1. The largest absolute Gasteiger partial charge is 0.466 e. The van der Waals surface area contributed by atoms with Crippen LogP contribution < -0.4 is 0 Å². The van der Waals surface area contributed by atoms with Crippen LogP contribution in [0.1, 0.15) is 33.6 Å². The number of ether oxygens (including phenoxy) is 1. The summed E-state index contributed by atoms with van der Waals surface area (Å²) in [5, 5.41) is 0. The number of hydrogen-bond donors (Lipinski definition) is 0. The van der Waals surface area contributed by atoms with E-state index in [0.29, 0.717) is 6.61 Å². The third-order valence-electron chi connectivity index (χ3n) is 1.65. The lowest BCUT2D eigenvalue weighted by Gasteiger charge is -2.08. The molecule has 0 radical (unpaired) electrons. The zero-order valence-electron chi connectivity index (χ0n) is 8.67. The Bertz CT molecular complexity index is 200. The molecule has 0 fully saturated rings.